The first-order valence-corrected chi connectivity index (χ1v) is 8.21. The largest absolute Gasteiger partial charge is 0.480 e. The van der Waals surface area contributed by atoms with Crippen molar-refractivity contribution in [2.75, 3.05) is 19.6 Å². The zero-order valence-electron chi connectivity index (χ0n) is 13.9. The van der Waals surface area contributed by atoms with Crippen LogP contribution in [0.4, 0.5) is 0 Å². The van der Waals surface area contributed by atoms with E-state index in [2.05, 4.69) is 5.10 Å². The number of carbonyl (C=O) groups is 3. The highest BCUT2D eigenvalue weighted by atomic mass is 16.4. The van der Waals surface area contributed by atoms with Crippen molar-refractivity contribution in [3.63, 3.8) is 0 Å². The first-order valence-electron chi connectivity index (χ1n) is 8.21. The van der Waals surface area contributed by atoms with Gasteiger partial charge >= 0.3 is 5.97 Å². The monoisotopic (exact) mass is 336 g/mol. The number of hydrogen-bond acceptors (Lipinski definition) is 4. The van der Waals surface area contributed by atoms with Crippen LogP contribution in [-0.2, 0) is 20.9 Å². The molecule has 1 fully saturated rings. The molecule has 2 heterocycles. The van der Waals surface area contributed by atoms with E-state index in [9.17, 15) is 14.4 Å². The molecule has 24 heavy (non-hydrogen) atoms. The molecule has 0 saturated carbocycles. The molecule has 132 valence electrons. The van der Waals surface area contributed by atoms with E-state index in [1.165, 1.54) is 11.8 Å². The minimum Gasteiger partial charge on any atom is -0.480 e. The Morgan fingerprint density at radius 3 is 2.71 bits per heavy atom. The smallest absolute Gasteiger partial charge is 0.323 e. The summed E-state index contributed by atoms with van der Waals surface area (Å²) in [6.45, 7) is 2.84. The predicted molar refractivity (Wildman–Crippen MR) is 86.1 cm³/mol. The van der Waals surface area contributed by atoms with Crippen molar-refractivity contribution < 1.29 is 19.5 Å². The maximum atomic E-state index is 12.3. The highest BCUT2D eigenvalue weighted by Gasteiger charge is 2.27. The van der Waals surface area contributed by atoms with E-state index in [1.807, 2.05) is 17.2 Å². The van der Waals surface area contributed by atoms with Gasteiger partial charge in [0.05, 0.1) is 0 Å². The highest BCUT2D eigenvalue weighted by molar-refractivity contribution is 5.80. The average molecular weight is 336 g/mol. The Balaban J connectivity index is 1.87. The zero-order chi connectivity index (χ0) is 17.5. The van der Waals surface area contributed by atoms with Crippen LogP contribution in [0.3, 0.4) is 0 Å². The Kier molecular flexibility index (Phi) is 6.34. The third-order valence-corrected chi connectivity index (χ3v) is 4.32. The molecule has 1 saturated heterocycles. The van der Waals surface area contributed by atoms with Gasteiger partial charge in [-0.3, -0.25) is 19.1 Å². The number of likely N-dealkylation sites (tertiary alicyclic amines) is 1. The molecule has 0 radical (unpaired) electrons. The minimum absolute atomic E-state index is 0.0683. The number of aryl methyl sites for hydroxylation is 1. The molecule has 2 amide bonds. The van der Waals surface area contributed by atoms with Gasteiger partial charge in [0, 0.05) is 51.4 Å². The number of aromatic nitrogens is 2. The molecule has 1 aliphatic heterocycles. The Morgan fingerprint density at radius 1 is 1.29 bits per heavy atom. The van der Waals surface area contributed by atoms with Gasteiger partial charge < -0.3 is 14.9 Å². The Labute approximate surface area is 141 Å². The third kappa shape index (κ3) is 5.07. The van der Waals surface area contributed by atoms with Crippen LogP contribution >= 0.6 is 0 Å². The summed E-state index contributed by atoms with van der Waals surface area (Å²) in [7, 11) is 0. The second-order valence-corrected chi connectivity index (χ2v) is 6.03. The first kappa shape index (κ1) is 18.0. The summed E-state index contributed by atoms with van der Waals surface area (Å²) in [5.41, 5.74) is 0. The van der Waals surface area contributed by atoms with Gasteiger partial charge in [-0.15, -0.1) is 0 Å². The number of nitrogens with zero attached hydrogens (tertiary/aromatic N) is 4. The number of aliphatic carboxylic acids is 1. The van der Waals surface area contributed by atoms with Gasteiger partial charge in [0.1, 0.15) is 6.54 Å². The quantitative estimate of drug-likeness (QED) is 0.820. The molecule has 1 N–H and O–H groups in total. The number of carbonyl (C=O) groups excluding carboxylic acids is 2. The Bertz CT molecular complexity index is 573. The molecule has 0 aromatic carbocycles. The summed E-state index contributed by atoms with van der Waals surface area (Å²) in [6, 6.07) is 1.70. The van der Waals surface area contributed by atoms with Crippen LogP contribution in [0.2, 0.25) is 0 Å². The number of carboxylic acids is 1. The summed E-state index contributed by atoms with van der Waals surface area (Å²) in [4.78, 5) is 38.2. The van der Waals surface area contributed by atoms with E-state index in [4.69, 9.17) is 5.11 Å². The topological polar surface area (TPSA) is 95.7 Å². The van der Waals surface area contributed by atoms with Crippen LogP contribution in [0, 0.1) is 0 Å². The molecular weight excluding hydrogens is 312 g/mol. The highest BCUT2D eigenvalue weighted by Crippen LogP contribution is 2.18. The van der Waals surface area contributed by atoms with Gasteiger partial charge in [0.25, 0.3) is 0 Å². The minimum atomic E-state index is -1.01. The van der Waals surface area contributed by atoms with E-state index < -0.39 is 5.97 Å². The summed E-state index contributed by atoms with van der Waals surface area (Å²) < 4.78 is 1.73. The van der Waals surface area contributed by atoms with E-state index in [1.54, 1.807) is 10.9 Å². The van der Waals surface area contributed by atoms with Gasteiger partial charge in [-0.05, 0) is 25.3 Å². The maximum Gasteiger partial charge on any atom is 0.323 e. The van der Waals surface area contributed by atoms with Crippen molar-refractivity contribution in [2.24, 2.45) is 0 Å². The van der Waals surface area contributed by atoms with Crippen LogP contribution < -0.4 is 0 Å². The van der Waals surface area contributed by atoms with Crippen molar-refractivity contribution in [1.82, 2.24) is 19.6 Å². The summed E-state index contributed by atoms with van der Waals surface area (Å²) >= 11 is 0. The summed E-state index contributed by atoms with van der Waals surface area (Å²) in [6.07, 6.45) is 5.98. The lowest BCUT2D eigenvalue weighted by Crippen LogP contribution is -2.43. The fourth-order valence-corrected chi connectivity index (χ4v) is 3.08. The van der Waals surface area contributed by atoms with Crippen LogP contribution in [-0.4, -0.2) is 68.1 Å². The lowest BCUT2D eigenvalue weighted by Gasteiger charge is -2.28. The average Bonchev–Trinajstić information content (AvgIpc) is 2.93. The number of rotatable bonds is 6. The van der Waals surface area contributed by atoms with E-state index >= 15 is 0 Å². The molecule has 0 bridgehead atoms. The molecule has 0 aliphatic carbocycles. The molecule has 1 aliphatic rings. The fourth-order valence-electron chi connectivity index (χ4n) is 3.08. The molecule has 0 spiro atoms. The van der Waals surface area contributed by atoms with Crippen LogP contribution in [0.15, 0.2) is 18.5 Å². The molecule has 8 nitrogen and oxygen atoms in total. The predicted octanol–water partition coefficient (Wildman–Crippen LogP) is 0.587. The van der Waals surface area contributed by atoms with Crippen molar-refractivity contribution in [2.45, 2.75) is 45.2 Å². The van der Waals surface area contributed by atoms with Crippen molar-refractivity contribution >= 4 is 17.8 Å². The van der Waals surface area contributed by atoms with Crippen LogP contribution in [0.1, 0.15) is 32.6 Å². The molecule has 1 unspecified atom stereocenters. The van der Waals surface area contributed by atoms with Crippen molar-refractivity contribution in [3.05, 3.63) is 18.5 Å². The zero-order valence-corrected chi connectivity index (χ0v) is 13.9. The standard InChI is InChI=1S/C16H24N4O4/c1-13(21)20(12-16(23)24)14-4-2-8-18(10-5-14)15(22)6-11-19-9-3-7-17-19/h3,7,9,14H,2,4-6,8,10-12H2,1H3,(H,23,24). The second-order valence-electron chi connectivity index (χ2n) is 6.03. The van der Waals surface area contributed by atoms with Crippen molar-refractivity contribution in [3.8, 4) is 0 Å². The first-order chi connectivity index (χ1) is 11.5. The third-order valence-electron chi connectivity index (χ3n) is 4.32. The molecule has 2 rings (SSSR count). The number of hydrogen-bond donors (Lipinski definition) is 1. The van der Waals surface area contributed by atoms with Crippen LogP contribution in [0.25, 0.3) is 0 Å². The van der Waals surface area contributed by atoms with E-state index in [0.717, 1.165) is 12.8 Å². The summed E-state index contributed by atoms with van der Waals surface area (Å²) in [5.74, 6) is -1.18. The second kappa shape index (κ2) is 8.47. The van der Waals surface area contributed by atoms with Gasteiger partial charge in [-0.1, -0.05) is 0 Å². The lowest BCUT2D eigenvalue weighted by molar-refractivity contribution is -0.145. The number of carboxylic acid groups (broad SMARTS) is 1. The van der Waals surface area contributed by atoms with E-state index in [-0.39, 0.29) is 24.4 Å². The van der Waals surface area contributed by atoms with Crippen LogP contribution in [0.5, 0.6) is 0 Å². The SMILES string of the molecule is CC(=O)N(CC(=O)O)C1CCCN(C(=O)CCn2cccn2)CC1. The Morgan fingerprint density at radius 2 is 2.08 bits per heavy atom. The van der Waals surface area contributed by atoms with Gasteiger partial charge in [-0.2, -0.15) is 5.10 Å². The fraction of sp³-hybridized carbons (Fsp3) is 0.625. The molecule has 1 atom stereocenters. The molecular formula is C16H24N4O4. The molecule has 8 heteroatoms. The molecule has 1 aromatic heterocycles. The maximum absolute atomic E-state index is 12.3. The van der Waals surface area contributed by atoms with Gasteiger partial charge in [0.15, 0.2) is 0 Å². The Hall–Kier alpha value is -2.38. The van der Waals surface area contributed by atoms with Crippen molar-refractivity contribution in [1.29, 1.82) is 0 Å². The number of amides is 2. The normalized spacial score (nSPS) is 18.0. The summed E-state index contributed by atoms with van der Waals surface area (Å²) in [5, 5.41) is 13.0. The van der Waals surface area contributed by atoms with Gasteiger partial charge in [0.2, 0.25) is 11.8 Å². The van der Waals surface area contributed by atoms with E-state index in [0.29, 0.717) is 32.5 Å². The van der Waals surface area contributed by atoms with Gasteiger partial charge in [-0.25, -0.2) is 0 Å². The lowest BCUT2D eigenvalue weighted by atomic mass is 10.1. The molecule has 1 aromatic rings.